The third-order valence-corrected chi connectivity index (χ3v) is 3.32. The van der Waals surface area contributed by atoms with Crippen LogP contribution in [0.3, 0.4) is 0 Å². The molecule has 0 aliphatic rings. The SMILES string of the molecule is CCNC(=NCC(CCO)CC(C)C)NCCC(=O)N(C)C. The molecule has 0 aromatic carbocycles. The lowest BCUT2D eigenvalue weighted by Crippen LogP contribution is -2.39. The van der Waals surface area contributed by atoms with Gasteiger partial charge in [-0.2, -0.15) is 0 Å². The first-order chi connectivity index (χ1) is 10.4. The number of nitrogens with zero attached hydrogens (tertiary/aromatic N) is 2. The van der Waals surface area contributed by atoms with E-state index in [4.69, 9.17) is 5.11 Å². The number of aliphatic hydroxyl groups excluding tert-OH is 1. The van der Waals surface area contributed by atoms with Gasteiger partial charge >= 0.3 is 0 Å². The van der Waals surface area contributed by atoms with Crippen LogP contribution in [0.4, 0.5) is 0 Å². The van der Waals surface area contributed by atoms with Gasteiger partial charge in [0.15, 0.2) is 5.96 Å². The monoisotopic (exact) mass is 314 g/mol. The standard InChI is InChI=1S/C16H34N4O2/c1-6-17-16(18-9-7-15(22)20(4)5)19-12-14(8-10-21)11-13(2)3/h13-14,21H,6-12H2,1-5H3,(H2,17,18,19). The van der Waals surface area contributed by atoms with Crippen LogP contribution in [0.15, 0.2) is 4.99 Å². The highest BCUT2D eigenvalue weighted by molar-refractivity contribution is 5.81. The van der Waals surface area contributed by atoms with Crippen molar-refractivity contribution >= 4 is 11.9 Å². The number of aliphatic imine (C=N–C) groups is 1. The van der Waals surface area contributed by atoms with Crippen molar-refractivity contribution in [3.05, 3.63) is 0 Å². The molecule has 0 rings (SSSR count). The van der Waals surface area contributed by atoms with Crippen LogP contribution in [-0.4, -0.2) is 62.2 Å². The fourth-order valence-corrected chi connectivity index (χ4v) is 2.21. The summed E-state index contributed by atoms with van der Waals surface area (Å²) in [5, 5.41) is 15.5. The second-order valence-corrected chi connectivity index (χ2v) is 6.19. The van der Waals surface area contributed by atoms with E-state index in [1.54, 1.807) is 19.0 Å². The Kier molecular flexibility index (Phi) is 11.5. The third kappa shape index (κ3) is 10.4. The third-order valence-electron chi connectivity index (χ3n) is 3.32. The Balaban J connectivity index is 4.40. The molecule has 1 unspecified atom stereocenters. The van der Waals surface area contributed by atoms with Crippen molar-refractivity contribution in [1.82, 2.24) is 15.5 Å². The molecule has 0 saturated heterocycles. The minimum absolute atomic E-state index is 0.0984. The Morgan fingerprint density at radius 2 is 1.95 bits per heavy atom. The highest BCUT2D eigenvalue weighted by atomic mass is 16.3. The van der Waals surface area contributed by atoms with Crippen LogP contribution >= 0.6 is 0 Å². The van der Waals surface area contributed by atoms with Gasteiger partial charge in [-0.15, -0.1) is 0 Å². The zero-order valence-corrected chi connectivity index (χ0v) is 14.9. The molecule has 0 heterocycles. The van der Waals surface area contributed by atoms with E-state index in [9.17, 15) is 4.79 Å². The summed E-state index contributed by atoms with van der Waals surface area (Å²) in [6, 6.07) is 0. The van der Waals surface area contributed by atoms with Gasteiger partial charge in [0.2, 0.25) is 5.91 Å². The molecule has 1 atom stereocenters. The molecule has 0 aliphatic heterocycles. The second-order valence-electron chi connectivity index (χ2n) is 6.19. The molecule has 0 spiro atoms. The van der Waals surface area contributed by atoms with E-state index in [2.05, 4.69) is 29.5 Å². The van der Waals surface area contributed by atoms with Crippen LogP contribution in [0.5, 0.6) is 0 Å². The molecule has 0 saturated carbocycles. The number of nitrogens with one attached hydrogen (secondary N) is 2. The zero-order valence-electron chi connectivity index (χ0n) is 14.9. The minimum atomic E-state index is 0.0984. The van der Waals surface area contributed by atoms with E-state index in [0.717, 1.165) is 25.3 Å². The highest BCUT2D eigenvalue weighted by Crippen LogP contribution is 2.15. The smallest absolute Gasteiger partial charge is 0.223 e. The number of aliphatic hydroxyl groups is 1. The number of rotatable bonds is 10. The predicted octanol–water partition coefficient (Wildman–Crippen LogP) is 1.06. The van der Waals surface area contributed by atoms with E-state index in [0.29, 0.717) is 31.3 Å². The first-order valence-electron chi connectivity index (χ1n) is 8.23. The van der Waals surface area contributed by atoms with Crippen LogP contribution in [0.1, 0.15) is 40.0 Å². The van der Waals surface area contributed by atoms with Gasteiger partial charge in [0.1, 0.15) is 0 Å². The summed E-state index contributed by atoms with van der Waals surface area (Å²) in [7, 11) is 3.51. The molecule has 0 bridgehead atoms. The maximum absolute atomic E-state index is 11.6. The molecule has 1 amide bonds. The lowest BCUT2D eigenvalue weighted by molar-refractivity contribution is -0.128. The van der Waals surface area contributed by atoms with Crippen molar-refractivity contribution in [2.45, 2.75) is 40.0 Å². The Bertz CT molecular complexity index is 330. The number of hydrogen-bond acceptors (Lipinski definition) is 3. The molecule has 0 aliphatic carbocycles. The maximum Gasteiger partial charge on any atom is 0.223 e. The van der Waals surface area contributed by atoms with Crippen LogP contribution in [0.25, 0.3) is 0 Å². The molecular formula is C16H34N4O2. The van der Waals surface area contributed by atoms with Gasteiger partial charge < -0.3 is 20.6 Å². The van der Waals surface area contributed by atoms with Gasteiger partial charge in [-0.25, -0.2) is 0 Å². The number of carbonyl (C=O) groups excluding carboxylic acids is 1. The van der Waals surface area contributed by atoms with Gasteiger partial charge in [-0.05, 0) is 31.6 Å². The largest absolute Gasteiger partial charge is 0.396 e. The summed E-state index contributed by atoms with van der Waals surface area (Å²) < 4.78 is 0. The summed E-state index contributed by atoms with van der Waals surface area (Å²) in [5.74, 6) is 1.82. The first kappa shape index (κ1) is 20.7. The topological polar surface area (TPSA) is 77.0 Å². The molecule has 0 aromatic rings. The van der Waals surface area contributed by atoms with Gasteiger partial charge in [0.05, 0.1) is 0 Å². The number of guanidine groups is 1. The summed E-state index contributed by atoms with van der Waals surface area (Å²) in [6.07, 6.45) is 2.28. The van der Waals surface area contributed by atoms with Crippen LogP contribution in [-0.2, 0) is 4.79 Å². The quantitative estimate of drug-likeness (QED) is 0.416. The Hall–Kier alpha value is -1.30. The van der Waals surface area contributed by atoms with Crippen LogP contribution in [0.2, 0.25) is 0 Å². The van der Waals surface area contributed by atoms with Gasteiger partial charge in [0, 0.05) is 46.8 Å². The summed E-state index contributed by atoms with van der Waals surface area (Å²) >= 11 is 0. The normalized spacial score (nSPS) is 13.1. The van der Waals surface area contributed by atoms with Crippen molar-refractivity contribution < 1.29 is 9.90 Å². The van der Waals surface area contributed by atoms with Gasteiger partial charge in [0.25, 0.3) is 0 Å². The van der Waals surface area contributed by atoms with E-state index in [1.807, 2.05) is 6.92 Å². The number of carbonyl (C=O) groups is 1. The molecule has 3 N–H and O–H groups in total. The highest BCUT2D eigenvalue weighted by Gasteiger charge is 2.11. The Morgan fingerprint density at radius 1 is 1.27 bits per heavy atom. The summed E-state index contributed by atoms with van der Waals surface area (Å²) in [4.78, 5) is 17.7. The number of amides is 1. The fraction of sp³-hybridized carbons (Fsp3) is 0.875. The molecule has 0 fully saturated rings. The van der Waals surface area contributed by atoms with E-state index >= 15 is 0 Å². The molecule has 130 valence electrons. The van der Waals surface area contributed by atoms with Crippen molar-refractivity contribution in [2.24, 2.45) is 16.8 Å². The first-order valence-corrected chi connectivity index (χ1v) is 8.23. The van der Waals surface area contributed by atoms with Crippen molar-refractivity contribution in [2.75, 3.05) is 40.3 Å². The van der Waals surface area contributed by atoms with Crippen molar-refractivity contribution in [3.63, 3.8) is 0 Å². The maximum atomic E-state index is 11.6. The zero-order chi connectivity index (χ0) is 17.0. The van der Waals surface area contributed by atoms with E-state index in [1.165, 1.54) is 0 Å². The molecular weight excluding hydrogens is 280 g/mol. The van der Waals surface area contributed by atoms with Crippen LogP contribution < -0.4 is 10.6 Å². The lowest BCUT2D eigenvalue weighted by Gasteiger charge is -2.18. The van der Waals surface area contributed by atoms with Crippen LogP contribution in [0, 0.1) is 11.8 Å². The molecule has 22 heavy (non-hydrogen) atoms. The molecule has 6 heteroatoms. The van der Waals surface area contributed by atoms with Crippen molar-refractivity contribution in [3.8, 4) is 0 Å². The summed E-state index contributed by atoms with van der Waals surface area (Å²) in [5.41, 5.74) is 0. The fourth-order valence-electron chi connectivity index (χ4n) is 2.21. The molecule has 0 radical (unpaired) electrons. The van der Waals surface area contributed by atoms with Gasteiger partial charge in [-0.3, -0.25) is 9.79 Å². The predicted molar refractivity (Wildman–Crippen MR) is 91.9 cm³/mol. The average molecular weight is 314 g/mol. The Morgan fingerprint density at radius 3 is 2.45 bits per heavy atom. The molecule has 6 nitrogen and oxygen atoms in total. The van der Waals surface area contributed by atoms with E-state index in [-0.39, 0.29) is 12.5 Å². The summed E-state index contributed by atoms with van der Waals surface area (Å²) in [6.45, 7) is 8.63. The Labute approximate surface area is 135 Å². The lowest BCUT2D eigenvalue weighted by atomic mass is 9.94. The van der Waals surface area contributed by atoms with Crippen molar-refractivity contribution in [1.29, 1.82) is 0 Å². The van der Waals surface area contributed by atoms with Gasteiger partial charge in [-0.1, -0.05) is 13.8 Å². The van der Waals surface area contributed by atoms with E-state index < -0.39 is 0 Å². The minimum Gasteiger partial charge on any atom is -0.396 e. The number of hydrogen-bond donors (Lipinski definition) is 3. The average Bonchev–Trinajstić information content (AvgIpc) is 2.43. The second kappa shape index (κ2) is 12.3. The molecule has 0 aromatic heterocycles.